The highest BCUT2D eigenvalue weighted by Crippen LogP contribution is 2.45. The van der Waals surface area contributed by atoms with Gasteiger partial charge in [-0.15, -0.1) is 0 Å². The smallest absolute Gasteiger partial charge is 0.343 e. The van der Waals surface area contributed by atoms with Gasteiger partial charge in [-0.3, -0.25) is 4.79 Å². The van der Waals surface area contributed by atoms with Crippen LogP contribution in [0.5, 0.6) is 28.7 Å². The molecule has 0 bridgehead atoms. The van der Waals surface area contributed by atoms with Crippen LogP contribution in [0.3, 0.4) is 0 Å². The van der Waals surface area contributed by atoms with E-state index in [1.165, 1.54) is 13.2 Å². The summed E-state index contributed by atoms with van der Waals surface area (Å²) in [6.07, 6.45) is 0.437. The summed E-state index contributed by atoms with van der Waals surface area (Å²) < 4.78 is 21.5. The van der Waals surface area contributed by atoms with Gasteiger partial charge in [-0.05, 0) is 48.7 Å². The van der Waals surface area contributed by atoms with Crippen molar-refractivity contribution in [3.8, 4) is 28.7 Å². The number of ether oxygens (including phenoxy) is 3. The molecule has 178 valence electrons. The summed E-state index contributed by atoms with van der Waals surface area (Å²) in [6.45, 7) is 1.93. The zero-order valence-corrected chi connectivity index (χ0v) is 18.8. The maximum atomic E-state index is 12.9. The van der Waals surface area contributed by atoms with Crippen LogP contribution in [-0.2, 0) is 11.2 Å². The van der Waals surface area contributed by atoms with Gasteiger partial charge in [0.15, 0.2) is 11.5 Å². The lowest BCUT2D eigenvalue weighted by molar-refractivity contribution is -0.121. The standard InChI is InChI=1S/C25H25NO8/c1-14-9-19(28)23(25(30)34-14)18(16-10-20(31-2)24-21(11-16)32-13-33-24)12-22(29)26-8-7-15-3-5-17(27)6-4-15/h3-6,9-11,18,27-28H,7-8,12-13H2,1-2H3,(H,26,29)/t18-/m0/s1. The Morgan fingerprint density at radius 3 is 2.62 bits per heavy atom. The summed E-state index contributed by atoms with van der Waals surface area (Å²) in [5.41, 5.74) is 0.726. The molecule has 1 atom stereocenters. The third-order valence-corrected chi connectivity index (χ3v) is 5.58. The number of phenolic OH excluding ortho intramolecular Hbond substituents is 1. The van der Waals surface area contributed by atoms with Crippen molar-refractivity contribution in [2.45, 2.75) is 25.7 Å². The van der Waals surface area contributed by atoms with Crippen LogP contribution in [0.25, 0.3) is 0 Å². The lowest BCUT2D eigenvalue weighted by Crippen LogP contribution is -2.28. The summed E-state index contributed by atoms with van der Waals surface area (Å²) in [6, 6.07) is 11.4. The van der Waals surface area contributed by atoms with E-state index in [0.29, 0.717) is 35.8 Å². The molecule has 0 saturated carbocycles. The average molecular weight is 467 g/mol. The molecule has 0 spiro atoms. The van der Waals surface area contributed by atoms with Gasteiger partial charge in [-0.2, -0.15) is 0 Å². The van der Waals surface area contributed by atoms with Crippen LogP contribution in [-0.4, -0.2) is 36.6 Å². The van der Waals surface area contributed by atoms with Crippen LogP contribution in [0.2, 0.25) is 0 Å². The normalized spacial score (nSPS) is 12.9. The monoisotopic (exact) mass is 467 g/mol. The fourth-order valence-corrected chi connectivity index (χ4v) is 3.93. The molecule has 2 aromatic carbocycles. The Bertz CT molecular complexity index is 1250. The van der Waals surface area contributed by atoms with Gasteiger partial charge in [0.05, 0.1) is 12.7 Å². The van der Waals surface area contributed by atoms with Crippen molar-refractivity contribution in [2.24, 2.45) is 0 Å². The number of aryl methyl sites for hydroxylation is 1. The Balaban J connectivity index is 1.61. The zero-order valence-electron chi connectivity index (χ0n) is 18.8. The first kappa shape index (κ1) is 23.0. The molecule has 0 aliphatic carbocycles. The quantitative estimate of drug-likeness (QED) is 0.461. The number of methoxy groups -OCH3 is 1. The van der Waals surface area contributed by atoms with Crippen molar-refractivity contribution in [3.05, 3.63) is 75.3 Å². The highest BCUT2D eigenvalue weighted by Gasteiger charge is 2.29. The molecule has 0 unspecified atom stereocenters. The predicted octanol–water partition coefficient (Wildman–Crippen LogP) is 2.98. The topological polar surface area (TPSA) is 127 Å². The van der Waals surface area contributed by atoms with Crippen molar-refractivity contribution in [1.29, 1.82) is 0 Å². The minimum Gasteiger partial charge on any atom is -0.508 e. The maximum Gasteiger partial charge on any atom is 0.343 e. The number of nitrogens with one attached hydrogen (secondary N) is 1. The van der Waals surface area contributed by atoms with E-state index in [9.17, 15) is 19.8 Å². The molecule has 9 nitrogen and oxygen atoms in total. The van der Waals surface area contributed by atoms with Crippen LogP contribution in [0.4, 0.5) is 0 Å². The van der Waals surface area contributed by atoms with Crippen LogP contribution >= 0.6 is 0 Å². The molecular formula is C25H25NO8. The maximum absolute atomic E-state index is 12.9. The first-order valence-electron chi connectivity index (χ1n) is 10.7. The van der Waals surface area contributed by atoms with E-state index in [2.05, 4.69) is 5.32 Å². The van der Waals surface area contributed by atoms with E-state index >= 15 is 0 Å². The predicted molar refractivity (Wildman–Crippen MR) is 122 cm³/mol. The molecule has 3 aromatic rings. The number of benzene rings is 2. The van der Waals surface area contributed by atoms with Gasteiger partial charge in [-0.1, -0.05) is 12.1 Å². The number of hydrogen-bond donors (Lipinski definition) is 3. The molecule has 1 aliphatic rings. The molecule has 1 aliphatic heterocycles. The third-order valence-electron chi connectivity index (χ3n) is 5.58. The Labute approximate surface area is 195 Å². The van der Waals surface area contributed by atoms with Gasteiger partial charge in [0.25, 0.3) is 0 Å². The first-order valence-corrected chi connectivity index (χ1v) is 10.7. The van der Waals surface area contributed by atoms with Crippen LogP contribution in [0.1, 0.15) is 34.8 Å². The second-order valence-corrected chi connectivity index (χ2v) is 7.92. The SMILES string of the molecule is COc1cc([C@H](CC(=O)NCCc2ccc(O)cc2)c2c(O)cc(C)oc2=O)cc2c1OCO2. The Morgan fingerprint density at radius 2 is 1.91 bits per heavy atom. The highest BCUT2D eigenvalue weighted by molar-refractivity contribution is 5.78. The number of phenols is 1. The van der Waals surface area contributed by atoms with E-state index < -0.39 is 11.5 Å². The number of amides is 1. The zero-order chi connectivity index (χ0) is 24.2. The van der Waals surface area contributed by atoms with E-state index in [1.807, 2.05) is 0 Å². The molecule has 1 amide bonds. The molecule has 3 N–H and O–H groups in total. The van der Waals surface area contributed by atoms with Crippen molar-refractivity contribution < 1.29 is 33.6 Å². The Hall–Kier alpha value is -4.14. The highest BCUT2D eigenvalue weighted by atomic mass is 16.7. The molecule has 4 rings (SSSR count). The van der Waals surface area contributed by atoms with Gasteiger partial charge in [0.2, 0.25) is 18.4 Å². The Kier molecular flexibility index (Phi) is 6.62. The molecule has 2 heterocycles. The van der Waals surface area contributed by atoms with E-state index in [0.717, 1.165) is 5.56 Å². The van der Waals surface area contributed by atoms with Gasteiger partial charge in [0, 0.05) is 24.9 Å². The molecular weight excluding hydrogens is 442 g/mol. The van der Waals surface area contributed by atoms with Crippen LogP contribution < -0.4 is 25.2 Å². The average Bonchev–Trinajstić information content (AvgIpc) is 3.27. The molecule has 34 heavy (non-hydrogen) atoms. The number of rotatable bonds is 8. The van der Waals surface area contributed by atoms with E-state index in [-0.39, 0.29) is 41.9 Å². The van der Waals surface area contributed by atoms with Crippen LogP contribution in [0, 0.1) is 6.92 Å². The van der Waals surface area contributed by atoms with E-state index in [4.69, 9.17) is 18.6 Å². The summed E-state index contributed by atoms with van der Waals surface area (Å²) in [7, 11) is 1.48. The second-order valence-electron chi connectivity index (χ2n) is 7.92. The number of aromatic hydroxyl groups is 2. The molecule has 9 heteroatoms. The summed E-state index contributed by atoms with van der Waals surface area (Å²) in [4.78, 5) is 25.6. The lowest BCUT2D eigenvalue weighted by Gasteiger charge is -2.19. The van der Waals surface area contributed by atoms with Gasteiger partial charge < -0.3 is 34.2 Å². The van der Waals surface area contributed by atoms with Crippen molar-refractivity contribution in [3.63, 3.8) is 0 Å². The number of fused-ring (bicyclic) bond motifs is 1. The van der Waals surface area contributed by atoms with Crippen molar-refractivity contribution in [1.82, 2.24) is 5.32 Å². The van der Waals surface area contributed by atoms with Crippen LogP contribution in [0.15, 0.2) is 51.7 Å². The number of carbonyl (C=O) groups excluding carboxylic acids is 1. The first-order chi connectivity index (χ1) is 16.4. The third kappa shape index (κ3) is 4.93. The largest absolute Gasteiger partial charge is 0.508 e. The minimum atomic E-state index is -0.825. The van der Waals surface area contributed by atoms with Gasteiger partial charge >= 0.3 is 5.63 Å². The molecule has 0 radical (unpaired) electrons. The summed E-state index contributed by atoms with van der Waals surface area (Å²) >= 11 is 0. The number of carbonyl (C=O) groups is 1. The molecule has 0 saturated heterocycles. The minimum absolute atomic E-state index is 0.0233. The van der Waals surface area contributed by atoms with Gasteiger partial charge in [-0.25, -0.2) is 4.79 Å². The number of hydrogen-bond acceptors (Lipinski definition) is 8. The fourth-order valence-electron chi connectivity index (χ4n) is 3.93. The summed E-state index contributed by atoms with van der Waals surface area (Å²) in [5, 5.41) is 22.8. The fraction of sp³-hybridized carbons (Fsp3) is 0.280. The second kappa shape index (κ2) is 9.78. The summed E-state index contributed by atoms with van der Waals surface area (Å²) in [5.74, 6) is 0.268. The Morgan fingerprint density at radius 1 is 1.15 bits per heavy atom. The van der Waals surface area contributed by atoms with Crippen molar-refractivity contribution in [2.75, 3.05) is 20.4 Å². The van der Waals surface area contributed by atoms with Gasteiger partial charge in [0.1, 0.15) is 17.3 Å². The van der Waals surface area contributed by atoms with Crippen molar-refractivity contribution >= 4 is 5.91 Å². The molecule has 1 aromatic heterocycles. The molecule has 0 fully saturated rings. The van der Waals surface area contributed by atoms with E-state index in [1.54, 1.807) is 43.3 Å². The lowest BCUT2D eigenvalue weighted by atomic mass is 9.88.